The Hall–Kier alpha value is -2.92. The number of alkyl halides is 2. The molecule has 3 rings (SSSR count). The van der Waals surface area contributed by atoms with Gasteiger partial charge in [0.25, 0.3) is 5.91 Å². The van der Waals surface area contributed by atoms with E-state index in [-0.39, 0.29) is 27.9 Å². The predicted molar refractivity (Wildman–Crippen MR) is 90.0 cm³/mol. The van der Waals surface area contributed by atoms with E-state index in [1.807, 2.05) is 0 Å². The molecule has 3 aromatic rings. The number of carbonyl (C=O) groups excluding carboxylic acids is 1. The molecule has 0 fully saturated rings. The van der Waals surface area contributed by atoms with Crippen molar-refractivity contribution in [2.24, 2.45) is 0 Å². The first-order chi connectivity index (χ1) is 13.1. The first-order valence-corrected chi connectivity index (χ1v) is 9.01. The van der Waals surface area contributed by atoms with E-state index in [0.29, 0.717) is 12.1 Å². The van der Waals surface area contributed by atoms with Gasteiger partial charge in [-0.1, -0.05) is 4.39 Å². The minimum absolute atomic E-state index is 0.0176. The fraction of sp³-hybridized carbons (Fsp3) is 0.118. The molecule has 148 valence electrons. The first-order valence-electron chi connectivity index (χ1n) is 7.60. The van der Waals surface area contributed by atoms with E-state index in [4.69, 9.17) is 4.42 Å². The van der Waals surface area contributed by atoms with Crippen LogP contribution in [-0.2, 0) is 19.8 Å². The summed E-state index contributed by atoms with van der Waals surface area (Å²) in [6, 6.07) is 7.25. The molecule has 0 atom stereocenters. The van der Waals surface area contributed by atoms with E-state index in [9.17, 15) is 30.9 Å². The number of nitrogens with one attached hydrogen (secondary N) is 1. The zero-order chi connectivity index (χ0) is 20.7. The smallest absolute Gasteiger partial charge is 0.397 e. The van der Waals surface area contributed by atoms with E-state index < -0.39 is 32.7 Å². The van der Waals surface area contributed by atoms with E-state index in [1.54, 1.807) is 0 Å². The summed E-state index contributed by atoms with van der Waals surface area (Å²) in [6.07, 6.45) is 0. The summed E-state index contributed by atoms with van der Waals surface area (Å²) in [7, 11) is -4.59. The summed E-state index contributed by atoms with van der Waals surface area (Å²) >= 11 is 0. The van der Waals surface area contributed by atoms with Crippen LogP contribution in [0, 0.1) is 5.82 Å². The molecule has 6 nitrogen and oxygen atoms in total. The molecule has 28 heavy (non-hydrogen) atoms. The third-order valence-corrected chi connectivity index (χ3v) is 5.01. The zero-order valence-electron chi connectivity index (χ0n) is 14.0. The van der Waals surface area contributed by atoms with Crippen LogP contribution in [0.15, 0.2) is 46.9 Å². The van der Waals surface area contributed by atoms with Crippen LogP contribution in [0.3, 0.4) is 0 Å². The molecule has 0 saturated heterocycles. The molecule has 1 aromatic heterocycles. The molecule has 0 unspecified atom stereocenters. The Kier molecular flexibility index (Phi) is 4.90. The summed E-state index contributed by atoms with van der Waals surface area (Å²) in [4.78, 5) is 12.3. The Labute approximate surface area is 155 Å². The van der Waals surface area contributed by atoms with Crippen LogP contribution in [0.1, 0.15) is 15.9 Å². The molecule has 0 bridgehead atoms. The molecule has 1 amide bonds. The number of fused-ring (bicyclic) bond motifs is 1. The second-order valence-corrected chi connectivity index (χ2v) is 7.18. The normalized spacial score (nSPS) is 12.3. The van der Waals surface area contributed by atoms with E-state index in [1.165, 1.54) is 19.2 Å². The van der Waals surface area contributed by atoms with Crippen molar-refractivity contribution in [1.82, 2.24) is 5.32 Å². The highest BCUT2D eigenvalue weighted by Crippen LogP contribution is 2.40. The third-order valence-electron chi connectivity index (χ3n) is 3.98. The molecule has 11 heteroatoms. The Morgan fingerprint density at radius 1 is 1.14 bits per heavy atom. The highest BCUT2D eigenvalue weighted by molar-refractivity contribution is 7.87. The van der Waals surface area contributed by atoms with Gasteiger partial charge in [0.15, 0.2) is 0 Å². The SMILES string of the molecule is CNC(=O)c1c(-c2ccc(F)cc2)oc2ccc(C(F)(F)S(=O)(=O)OF)cc12. The van der Waals surface area contributed by atoms with Crippen molar-refractivity contribution >= 4 is 27.0 Å². The average molecular weight is 417 g/mol. The molecule has 1 N–H and O–H groups in total. The number of hydrogen-bond donors (Lipinski definition) is 1. The van der Waals surface area contributed by atoms with Crippen LogP contribution in [0.25, 0.3) is 22.3 Å². The Balaban J connectivity index is 2.29. The largest absolute Gasteiger partial charge is 0.455 e. The lowest BCUT2D eigenvalue weighted by Crippen LogP contribution is -2.26. The van der Waals surface area contributed by atoms with Gasteiger partial charge >= 0.3 is 15.4 Å². The van der Waals surface area contributed by atoms with Crippen LogP contribution >= 0.6 is 0 Å². The fourth-order valence-electron chi connectivity index (χ4n) is 2.62. The van der Waals surface area contributed by atoms with Crippen LogP contribution < -0.4 is 5.32 Å². The zero-order valence-corrected chi connectivity index (χ0v) is 14.8. The Morgan fingerprint density at radius 2 is 1.79 bits per heavy atom. The molecule has 0 aliphatic carbocycles. The van der Waals surface area contributed by atoms with Gasteiger partial charge in [0, 0.05) is 23.6 Å². The summed E-state index contributed by atoms with van der Waals surface area (Å²) in [5, 5.41) is -2.55. The van der Waals surface area contributed by atoms with Crippen LogP contribution in [0.4, 0.5) is 17.7 Å². The fourth-order valence-corrected chi connectivity index (χ4v) is 3.11. The lowest BCUT2D eigenvalue weighted by molar-refractivity contribution is -0.0289. The van der Waals surface area contributed by atoms with Crippen LogP contribution in [0.5, 0.6) is 0 Å². The van der Waals surface area contributed by atoms with Crippen molar-refractivity contribution < 1.29 is 39.7 Å². The Bertz CT molecular complexity index is 1160. The second kappa shape index (κ2) is 6.91. The number of carbonyl (C=O) groups is 1. The molecule has 2 aromatic carbocycles. The van der Waals surface area contributed by atoms with E-state index in [0.717, 1.165) is 18.2 Å². The maximum atomic E-state index is 14.1. The maximum absolute atomic E-state index is 14.1. The highest BCUT2D eigenvalue weighted by atomic mass is 32.2. The van der Waals surface area contributed by atoms with Gasteiger partial charge < -0.3 is 9.73 Å². The van der Waals surface area contributed by atoms with Crippen molar-refractivity contribution in [3.63, 3.8) is 0 Å². The number of benzene rings is 2. The van der Waals surface area contributed by atoms with Gasteiger partial charge in [-0.2, -0.15) is 17.2 Å². The van der Waals surface area contributed by atoms with E-state index in [2.05, 4.69) is 9.70 Å². The lowest BCUT2D eigenvalue weighted by atomic mass is 10.0. The van der Waals surface area contributed by atoms with Crippen molar-refractivity contribution in [3.8, 4) is 11.3 Å². The maximum Gasteiger partial charge on any atom is 0.397 e. The van der Waals surface area contributed by atoms with Crippen LogP contribution in [-0.4, -0.2) is 21.4 Å². The van der Waals surface area contributed by atoms with Gasteiger partial charge in [0.2, 0.25) is 0 Å². The van der Waals surface area contributed by atoms with Gasteiger partial charge in [-0.3, -0.25) is 4.79 Å². The van der Waals surface area contributed by atoms with E-state index >= 15 is 0 Å². The molecule has 0 aliphatic rings. The summed E-state index contributed by atoms with van der Waals surface area (Å²) < 4.78 is 83.9. The van der Waals surface area contributed by atoms with Crippen LogP contribution in [0.2, 0.25) is 0 Å². The number of halogens is 4. The molecule has 0 spiro atoms. The quantitative estimate of drug-likeness (QED) is 0.637. The second-order valence-electron chi connectivity index (χ2n) is 5.64. The van der Waals surface area contributed by atoms with Gasteiger partial charge in [0.1, 0.15) is 17.2 Å². The number of hydrogen-bond acceptors (Lipinski definition) is 5. The average Bonchev–Trinajstić information content (AvgIpc) is 3.06. The molecule has 0 radical (unpaired) electrons. The number of amides is 1. The minimum atomic E-state index is -5.88. The van der Waals surface area contributed by atoms with Crippen molar-refractivity contribution in [3.05, 3.63) is 59.4 Å². The van der Waals surface area contributed by atoms with Crippen molar-refractivity contribution in [2.45, 2.75) is 5.25 Å². The number of rotatable bonds is 5. The molecule has 0 saturated carbocycles. The summed E-state index contributed by atoms with van der Waals surface area (Å²) in [5.74, 6) is -1.30. The first kappa shape index (κ1) is 19.8. The van der Waals surface area contributed by atoms with Crippen molar-refractivity contribution in [1.29, 1.82) is 0 Å². The van der Waals surface area contributed by atoms with Gasteiger partial charge in [-0.05, 0) is 47.0 Å². The number of furan rings is 1. The minimum Gasteiger partial charge on any atom is -0.455 e. The van der Waals surface area contributed by atoms with Crippen molar-refractivity contribution in [2.75, 3.05) is 7.05 Å². The molecule has 0 aliphatic heterocycles. The van der Waals surface area contributed by atoms with Gasteiger partial charge in [-0.25, -0.2) is 4.39 Å². The Morgan fingerprint density at radius 3 is 2.36 bits per heavy atom. The molecule has 1 heterocycles. The standard InChI is InChI=1S/C17H11F4NO5S/c1-22-16(23)14-12-8-10(17(19,20)28(24,25)27-21)4-7-13(12)26-15(14)9-2-5-11(18)6-3-9/h2-8H,1H3,(H,22,23). The lowest BCUT2D eigenvalue weighted by Gasteiger charge is -2.13. The molecular weight excluding hydrogens is 406 g/mol. The highest BCUT2D eigenvalue weighted by Gasteiger charge is 2.49. The monoisotopic (exact) mass is 417 g/mol. The topological polar surface area (TPSA) is 85.6 Å². The van der Waals surface area contributed by atoms with Gasteiger partial charge in [0.05, 0.1) is 5.56 Å². The summed E-state index contributed by atoms with van der Waals surface area (Å²) in [6.45, 7) is 0. The third kappa shape index (κ3) is 3.12. The van der Waals surface area contributed by atoms with Gasteiger partial charge in [-0.15, -0.1) is 0 Å². The predicted octanol–water partition coefficient (Wildman–Crippen LogP) is 3.88. The molecular formula is C17H11F4NO5S. The summed E-state index contributed by atoms with van der Waals surface area (Å²) in [5.41, 5.74) is -1.05.